The number of anilines is 2. The molecule has 0 aliphatic heterocycles. The second-order valence-electron chi connectivity index (χ2n) is 8.53. The molecule has 0 saturated heterocycles. The van der Waals surface area contributed by atoms with E-state index in [0.29, 0.717) is 22.1 Å². The van der Waals surface area contributed by atoms with E-state index in [2.05, 4.69) is 38.4 Å². The summed E-state index contributed by atoms with van der Waals surface area (Å²) < 4.78 is 2.05. The van der Waals surface area contributed by atoms with Crippen molar-refractivity contribution in [3.63, 3.8) is 0 Å². The van der Waals surface area contributed by atoms with Gasteiger partial charge in [0, 0.05) is 17.8 Å². The summed E-state index contributed by atoms with van der Waals surface area (Å²) in [6.45, 7) is 6.86. The molecule has 0 aliphatic carbocycles. The maximum absolute atomic E-state index is 12.9. The van der Waals surface area contributed by atoms with Gasteiger partial charge in [-0.25, -0.2) is 0 Å². The average Bonchev–Trinajstić information content (AvgIpc) is 3.26. The highest BCUT2D eigenvalue weighted by molar-refractivity contribution is 7.99. The fourth-order valence-corrected chi connectivity index (χ4v) is 4.61. The molecule has 2 N–H and O–H groups in total. The molecule has 0 saturated carbocycles. The maximum atomic E-state index is 12.9. The van der Waals surface area contributed by atoms with Crippen molar-refractivity contribution in [1.82, 2.24) is 14.8 Å². The van der Waals surface area contributed by atoms with Crippen molar-refractivity contribution in [1.29, 1.82) is 0 Å². The first-order valence-electron chi connectivity index (χ1n) is 11.8. The molecular weight excluding hydrogens is 470 g/mol. The summed E-state index contributed by atoms with van der Waals surface area (Å²) in [5, 5.41) is 15.2. The number of aromatic nitrogens is 3. The second-order valence-corrected chi connectivity index (χ2v) is 9.48. The number of benzene rings is 3. The SMILES string of the molecule is CCCn1c(SCC(=O)Nc2ccccc2C(=O)Nc2cccc(C)c2)nnc1-c1cccc(C)c1. The van der Waals surface area contributed by atoms with Gasteiger partial charge < -0.3 is 15.2 Å². The highest BCUT2D eigenvalue weighted by atomic mass is 32.2. The van der Waals surface area contributed by atoms with Crippen LogP contribution in [0.25, 0.3) is 11.4 Å². The number of para-hydroxylation sites is 1. The minimum atomic E-state index is -0.283. The van der Waals surface area contributed by atoms with Crippen molar-refractivity contribution >= 4 is 35.0 Å². The van der Waals surface area contributed by atoms with Crippen molar-refractivity contribution in [2.45, 2.75) is 38.9 Å². The third kappa shape index (κ3) is 6.20. The van der Waals surface area contributed by atoms with Crippen LogP contribution in [0, 0.1) is 13.8 Å². The fourth-order valence-electron chi connectivity index (χ4n) is 3.85. The van der Waals surface area contributed by atoms with Gasteiger partial charge >= 0.3 is 0 Å². The molecule has 0 unspecified atom stereocenters. The maximum Gasteiger partial charge on any atom is 0.257 e. The van der Waals surface area contributed by atoms with E-state index in [1.807, 2.05) is 56.3 Å². The van der Waals surface area contributed by atoms with E-state index in [0.717, 1.165) is 35.5 Å². The molecule has 36 heavy (non-hydrogen) atoms. The van der Waals surface area contributed by atoms with Gasteiger partial charge in [-0.1, -0.05) is 66.7 Å². The molecular formula is C28H29N5O2S. The third-order valence-electron chi connectivity index (χ3n) is 5.49. The Balaban J connectivity index is 1.44. The van der Waals surface area contributed by atoms with Crippen molar-refractivity contribution in [2.75, 3.05) is 16.4 Å². The molecule has 8 heteroatoms. The lowest BCUT2D eigenvalue weighted by atomic mass is 10.1. The van der Waals surface area contributed by atoms with Gasteiger partial charge in [0.2, 0.25) is 5.91 Å². The van der Waals surface area contributed by atoms with Crippen molar-refractivity contribution < 1.29 is 9.59 Å². The smallest absolute Gasteiger partial charge is 0.257 e. The van der Waals surface area contributed by atoms with Crippen LogP contribution < -0.4 is 10.6 Å². The molecule has 0 radical (unpaired) electrons. The molecule has 4 aromatic rings. The summed E-state index contributed by atoms with van der Waals surface area (Å²) in [6.07, 6.45) is 0.917. The van der Waals surface area contributed by atoms with Crippen molar-refractivity contribution in [3.8, 4) is 11.4 Å². The highest BCUT2D eigenvalue weighted by Gasteiger charge is 2.17. The van der Waals surface area contributed by atoms with Crippen LogP contribution in [0.15, 0.2) is 78.0 Å². The zero-order valence-corrected chi connectivity index (χ0v) is 21.4. The molecule has 2 amide bonds. The summed E-state index contributed by atoms with van der Waals surface area (Å²) in [5.74, 6) is 0.430. The highest BCUT2D eigenvalue weighted by Crippen LogP contribution is 2.26. The topological polar surface area (TPSA) is 88.9 Å². The zero-order valence-electron chi connectivity index (χ0n) is 20.6. The quantitative estimate of drug-likeness (QED) is 0.278. The molecule has 4 rings (SSSR count). The molecule has 7 nitrogen and oxygen atoms in total. The number of hydrogen-bond acceptors (Lipinski definition) is 5. The Morgan fingerprint density at radius 2 is 1.64 bits per heavy atom. The van der Waals surface area contributed by atoms with E-state index in [-0.39, 0.29) is 17.6 Å². The second kappa shape index (κ2) is 11.7. The minimum absolute atomic E-state index is 0.142. The van der Waals surface area contributed by atoms with Gasteiger partial charge in [-0.15, -0.1) is 10.2 Å². The van der Waals surface area contributed by atoms with Gasteiger partial charge in [-0.3, -0.25) is 9.59 Å². The van der Waals surface area contributed by atoms with E-state index in [1.54, 1.807) is 24.3 Å². The predicted molar refractivity (Wildman–Crippen MR) is 145 cm³/mol. The van der Waals surface area contributed by atoms with Crippen LogP contribution in [-0.4, -0.2) is 32.3 Å². The van der Waals surface area contributed by atoms with Crippen LogP contribution >= 0.6 is 11.8 Å². The number of nitrogens with zero attached hydrogens (tertiary/aromatic N) is 3. The molecule has 184 valence electrons. The average molecular weight is 500 g/mol. The minimum Gasteiger partial charge on any atom is -0.325 e. The Bertz CT molecular complexity index is 1380. The first-order chi connectivity index (χ1) is 17.4. The lowest BCUT2D eigenvalue weighted by molar-refractivity contribution is -0.113. The Morgan fingerprint density at radius 3 is 2.39 bits per heavy atom. The Hall–Kier alpha value is -3.91. The van der Waals surface area contributed by atoms with E-state index >= 15 is 0 Å². The van der Waals surface area contributed by atoms with E-state index < -0.39 is 0 Å². The molecule has 0 aliphatic rings. The summed E-state index contributed by atoms with van der Waals surface area (Å²) in [4.78, 5) is 25.7. The van der Waals surface area contributed by atoms with Crippen LogP contribution in [-0.2, 0) is 11.3 Å². The van der Waals surface area contributed by atoms with Gasteiger partial charge in [-0.05, 0) is 56.2 Å². The van der Waals surface area contributed by atoms with Crippen molar-refractivity contribution in [2.24, 2.45) is 0 Å². The molecule has 0 fully saturated rings. The first kappa shape index (κ1) is 25.2. The standard InChI is InChI=1S/C28H29N5O2S/c1-4-15-33-26(21-11-7-9-19(2)16-21)31-32-28(33)36-18-25(34)30-24-14-6-5-13-23(24)27(35)29-22-12-8-10-20(3)17-22/h5-14,16-17H,4,15,18H2,1-3H3,(H,29,35)(H,30,34). The van der Waals surface area contributed by atoms with Gasteiger partial charge in [0.25, 0.3) is 5.91 Å². The van der Waals surface area contributed by atoms with Gasteiger partial charge in [0.15, 0.2) is 11.0 Å². The summed E-state index contributed by atoms with van der Waals surface area (Å²) >= 11 is 1.33. The number of nitrogens with one attached hydrogen (secondary N) is 2. The number of hydrogen-bond donors (Lipinski definition) is 2. The summed E-state index contributed by atoms with van der Waals surface area (Å²) in [7, 11) is 0. The molecule has 0 spiro atoms. The number of carbonyl (C=O) groups is 2. The molecule has 1 aromatic heterocycles. The van der Waals surface area contributed by atoms with Crippen LogP contribution in [0.1, 0.15) is 34.8 Å². The number of rotatable bonds is 9. The number of carbonyl (C=O) groups excluding carboxylic acids is 2. The molecule has 1 heterocycles. The number of thioether (sulfide) groups is 1. The van der Waals surface area contributed by atoms with E-state index in [9.17, 15) is 9.59 Å². The van der Waals surface area contributed by atoms with Crippen LogP contribution in [0.2, 0.25) is 0 Å². The van der Waals surface area contributed by atoms with Crippen LogP contribution in [0.4, 0.5) is 11.4 Å². The lowest BCUT2D eigenvalue weighted by Crippen LogP contribution is -2.19. The largest absolute Gasteiger partial charge is 0.325 e. The van der Waals surface area contributed by atoms with Crippen molar-refractivity contribution in [3.05, 3.63) is 89.5 Å². The molecule has 3 aromatic carbocycles. The van der Waals surface area contributed by atoms with Gasteiger partial charge in [0.1, 0.15) is 0 Å². The third-order valence-corrected chi connectivity index (χ3v) is 6.46. The lowest BCUT2D eigenvalue weighted by Gasteiger charge is -2.12. The number of aryl methyl sites for hydroxylation is 2. The predicted octanol–water partition coefficient (Wildman–Crippen LogP) is 5.96. The van der Waals surface area contributed by atoms with Gasteiger partial charge in [0.05, 0.1) is 17.0 Å². The number of amides is 2. The zero-order chi connectivity index (χ0) is 25.5. The van der Waals surface area contributed by atoms with Crippen LogP contribution in [0.5, 0.6) is 0 Å². The monoisotopic (exact) mass is 499 g/mol. The van der Waals surface area contributed by atoms with E-state index in [1.165, 1.54) is 11.8 Å². The summed E-state index contributed by atoms with van der Waals surface area (Å²) in [5.41, 5.74) is 4.76. The Kier molecular flexibility index (Phi) is 8.17. The Labute approximate surface area is 215 Å². The summed E-state index contributed by atoms with van der Waals surface area (Å²) in [6, 6.07) is 22.7. The van der Waals surface area contributed by atoms with E-state index in [4.69, 9.17) is 0 Å². The molecule has 0 bridgehead atoms. The Morgan fingerprint density at radius 1 is 0.889 bits per heavy atom. The fraction of sp³-hybridized carbons (Fsp3) is 0.214. The van der Waals surface area contributed by atoms with Crippen LogP contribution in [0.3, 0.4) is 0 Å². The molecule has 0 atom stereocenters. The van der Waals surface area contributed by atoms with Gasteiger partial charge in [-0.2, -0.15) is 0 Å². The normalized spacial score (nSPS) is 10.8. The first-order valence-corrected chi connectivity index (χ1v) is 12.8.